The third-order valence-corrected chi connectivity index (χ3v) is 8.26. The summed E-state index contributed by atoms with van der Waals surface area (Å²) in [5.41, 5.74) is 1.34. The molecule has 0 radical (unpaired) electrons. The maximum Gasteiger partial charge on any atom is 0.244 e. The predicted octanol–water partition coefficient (Wildman–Crippen LogP) is 3.50. The minimum atomic E-state index is -3.85. The number of aryl methyl sites for hydroxylation is 2. The minimum Gasteiger partial charge on any atom is -0.339 e. The summed E-state index contributed by atoms with van der Waals surface area (Å²) in [6.07, 6.45) is 0.827. The Morgan fingerprint density at radius 3 is 2.61 bits per heavy atom. The van der Waals surface area contributed by atoms with Gasteiger partial charge in [-0.25, -0.2) is 13.4 Å². The van der Waals surface area contributed by atoms with Crippen molar-refractivity contribution in [3.63, 3.8) is 0 Å². The zero-order valence-corrected chi connectivity index (χ0v) is 19.2. The van der Waals surface area contributed by atoms with Crippen molar-refractivity contribution in [3.05, 3.63) is 40.2 Å². The van der Waals surface area contributed by atoms with E-state index < -0.39 is 10.0 Å². The first kappa shape index (κ1) is 21.9. The number of aromatic nitrogens is 3. The second kappa shape index (κ2) is 8.65. The van der Waals surface area contributed by atoms with Gasteiger partial charge in [0.1, 0.15) is 4.90 Å². The van der Waals surface area contributed by atoms with Crippen molar-refractivity contribution in [1.29, 1.82) is 0 Å². The highest BCUT2D eigenvalue weighted by Crippen LogP contribution is 2.31. The van der Waals surface area contributed by atoms with E-state index in [0.717, 1.165) is 5.69 Å². The van der Waals surface area contributed by atoms with Gasteiger partial charge >= 0.3 is 0 Å². The zero-order chi connectivity index (χ0) is 22.2. The number of rotatable bonds is 5. The van der Waals surface area contributed by atoms with Crippen LogP contribution in [0, 0.1) is 19.8 Å². The standard InChI is InChI=1S/C19H20ClN5O4S2/c1-11-10-30-19(21-11)23-18(26)13-5-7-25(8-6-13)31(27,28)16-9-14(3-4-15(16)20)17-22-12(2)29-24-17/h3-4,9-10,13H,5-8H2,1-2H3,(H,21,23,26). The fraction of sp³-hybridized carbons (Fsp3) is 0.368. The number of nitrogens with one attached hydrogen (secondary N) is 1. The van der Waals surface area contributed by atoms with Crippen LogP contribution in [-0.4, -0.2) is 46.8 Å². The lowest BCUT2D eigenvalue weighted by molar-refractivity contribution is -0.120. The largest absolute Gasteiger partial charge is 0.339 e. The maximum absolute atomic E-state index is 13.2. The first-order valence-corrected chi connectivity index (χ1v) is 12.3. The Balaban J connectivity index is 1.47. The second-order valence-electron chi connectivity index (χ2n) is 7.24. The van der Waals surface area contributed by atoms with E-state index in [-0.39, 0.29) is 34.8 Å². The predicted molar refractivity (Wildman–Crippen MR) is 116 cm³/mol. The van der Waals surface area contributed by atoms with Crippen molar-refractivity contribution in [2.24, 2.45) is 5.92 Å². The fourth-order valence-electron chi connectivity index (χ4n) is 3.37. The van der Waals surface area contributed by atoms with Crippen molar-refractivity contribution in [2.45, 2.75) is 31.6 Å². The van der Waals surface area contributed by atoms with Gasteiger partial charge < -0.3 is 9.84 Å². The number of carbonyl (C=O) groups is 1. The average molecular weight is 482 g/mol. The molecule has 0 spiro atoms. The molecule has 4 rings (SSSR count). The van der Waals surface area contributed by atoms with E-state index in [1.807, 2.05) is 12.3 Å². The van der Waals surface area contributed by atoms with E-state index in [2.05, 4.69) is 20.4 Å². The number of halogens is 1. The minimum absolute atomic E-state index is 0.0183. The molecular weight excluding hydrogens is 462 g/mol. The Morgan fingerprint density at radius 2 is 2.00 bits per heavy atom. The molecule has 1 aromatic carbocycles. The summed E-state index contributed by atoms with van der Waals surface area (Å²) in [5, 5.41) is 9.17. The first-order valence-electron chi connectivity index (χ1n) is 9.57. The third kappa shape index (κ3) is 4.64. The van der Waals surface area contributed by atoms with Crippen molar-refractivity contribution in [1.82, 2.24) is 19.4 Å². The van der Waals surface area contributed by atoms with Crippen LogP contribution in [0.3, 0.4) is 0 Å². The maximum atomic E-state index is 13.2. The van der Waals surface area contributed by atoms with Crippen LogP contribution < -0.4 is 5.32 Å². The van der Waals surface area contributed by atoms with E-state index in [9.17, 15) is 13.2 Å². The molecule has 9 nitrogen and oxygen atoms in total. The van der Waals surface area contributed by atoms with Gasteiger partial charge in [0.05, 0.1) is 10.7 Å². The summed E-state index contributed by atoms with van der Waals surface area (Å²) < 4.78 is 32.8. The van der Waals surface area contributed by atoms with Crippen LogP contribution in [0.25, 0.3) is 11.4 Å². The number of hydrogen-bond donors (Lipinski definition) is 1. The summed E-state index contributed by atoms with van der Waals surface area (Å²) in [6.45, 7) is 3.95. The fourth-order valence-corrected chi connectivity index (χ4v) is 6.03. The number of piperidine rings is 1. The molecule has 0 unspecified atom stereocenters. The molecule has 1 aliphatic rings. The molecule has 0 atom stereocenters. The molecular formula is C19H20ClN5O4S2. The molecule has 3 aromatic rings. The average Bonchev–Trinajstić information content (AvgIpc) is 3.36. The summed E-state index contributed by atoms with van der Waals surface area (Å²) in [5.74, 6) is 0.250. The number of nitrogens with zero attached hydrogens (tertiary/aromatic N) is 4. The number of anilines is 1. The van der Waals surface area contributed by atoms with Crippen LogP contribution in [0.5, 0.6) is 0 Å². The topological polar surface area (TPSA) is 118 Å². The number of thiazole rings is 1. The van der Waals surface area contributed by atoms with E-state index >= 15 is 0 Å². The van der Waals surface area contributed by atoms with Gasteiger partial charge in [-0.1, -0.05) is 16.8 Å². The Hall–Kier alpha value is -2.34. The van der Waals surface area contributed by atoms with Crippen molar-refractivity contribution >= 4 is 44.0 Å². The van der Waals surface area contributed by atoms with Gasteiger partial charge in [-0.15, -0.1) is 11.3 Å². The van der Waals surface area contributed by atoms with Gasteiger partial charge in [0.25, 0.3) is 0 Å². The van der Waals surface area contributed by atoms with E-state index in [4.69, 9.17) is 16.1 Å². The first-order chi connectivity index (χ1) is 14.7. The SMILES string of the molecule is Cc1csc(NC(=O)C2CCN(S(=O)(=O)c3cc(-c4noc(C)n4)ccc3Cl)CC2)n1. The van der Waals surface area contributed by atoms with Gasteiger partial charge in [-0.05, 0) is 38.0 Å². The monoisotopic (exact) mass is 481 g/mol. The molecule has 1 aliphatic heterocycles. The molecule has 1 amide bonds. The molecule has 3 heterocycles. The quantitative estimate of drug-likeness (QED) is 0.592. The van der Waals surface area contributed by atoms with Crippen LogP contribution in [-0.2, 0) is 14.8 Å². The van der Waals surface area contributed by atoms with E-state index in [0.29, 0.717) is 35.3 Å². The van der Waals surface area contributed by atoms with Crippen LogP contribution >= 0.6 is 22.9 Å². The van der Waals surface area contributed by atoms with Crippen LogP contribution in [0.15, 0.2) is 33.0 Å². The van der Waals surface area contributed by atoms with E-state index in [1.54, 1.807) is 13.0 Å². The Bertz CT molecular complexity index is 1220. The Kier molecular flexibility index (Phi) is 6.11. The summed E-state index contributed by atoms with van der Waals surface area (Å²) in [7, 11) is -3.85. The molecule has 1 saturated heterocycles. The second-order valence-corrected chi connectivity index (χ2v) is 10.4. The lowest BCUT2D eigenvalue weighted by atomic mass is 9.97. The molecule has 164 valence electrons. The number of sulfonamides is 1. The van der Waals surface area contributed by atoms with Gasteiger partial charge in [-0.2, -0.15) is 9.29 Å². The Morgan fingerprint density at radius 1 is 1.26 bits per heavy atom. The highest BCUT2D eigenvalue weighted by molar-refractivity contribution is 7.89. The molecule has 31 heavy (non-hydrogen) atoms. The molecule has 1 N–H and O–H groups in total. The van der Waals surface area contributed by atoms with Crippen LogP contribution in [0.1, 0.15) is 24.4 Å². The third-order valence-electron chi connectivity index (χ3n) is 5.01. The van der Waals surface area contributed by atoms with Gasteiger partial charge in [0.2, 0.25) is 27.6 Å². The van der Waals surface area contributed by atoms with Crippen molar-refractivity contribution in [3.8, 4) is 11.4 Å². The Labute approximate surface area is 188 Å². The summed E-state index contributed by atoms with van der Waals surface area (Å²) >= 11 is 7.59. The molecule has 12 heteroatoms. The number of hydrogen-bond acceptors (Lipinski definition) is 8. The summed E-state index contributed by atoms with van der Waals surface area (Å²) in [4.78, 5) is 20.9. The van der Waals surface area contributed by atoms with Crippen LogP contribution in [0.2, 0.25) is 5.02 Å². The molecule has 2 aromatic heterocycles. The van der Waals surface area contributed by atoms with Crippen molar-refractivity contribution in [2.75, 3.05) is 18.4 Å². The van der Waals surface area contributed by atoms with Gasteiger partial charge in [0.15, 0.2) is 5.13 Å². The van der Waals surface area contributed by atoms with Gasteiger partial charge in [0, 0.05) is 36.9 Å². The van der Waals surface area contributed by atoms with Crippen molar-refractivity contribution < 1.29 is 17.7 Å². The lowest BCUT2D eigenvalue weighted by Gasteiger charge is -2.30. The molecule has 0 bridgehead atoms. The smallest absolute Gasteiger partial charge is 0.244 e. The highest BCUT2D eigenvalue weighted by atomic mass is 35.5. The number of benzene rings is 1. The normalized spacial score (nSPS) is 15.8. The molecule has 0 saturated carbocycles. The van der Waals surface area contributed by atoms with Crippen LogP contribution in [0.4, 0.5) is 5.13 Å². The molecule has 1 fully saturated rings. The van der Waals surface area contributed by atoms with Gasteiger partial charge in [-0.3, -0.25) is 4.79 Å². The summed E-state index contributed by atoms with van der Waals surface area (Å²) in [6, 6.07) is 4.60. The zero-order valence-electron chi connectivity index (χ0n) is 16.8. The number of amides is 1. The van der Waals surface area contributed by atoms with E-state index in [1.165, 1.54) is 27.8 Å². The molecule has 0 aliphatic carbocycles. The lowest BCUT2D eigenvalue weighted by Crippen LogP contribution is -2.41. The highest BCUT2D eigenvalue weighted by Gasteiger charge is 2.33. The number of carbonyl (C=O) groups excluding carboxylic acids is 1.